The van der Waals surface area contributed by atoms with Crippen LogP contribution in [0.5, 0.6) is 17.2 Å². The number of anilines is 2. The lowest BCUT2D eigenvalue weighted by atomic mass is 10.1. The van der Waals surface area contributed by atoms with Gasteiger partial charge in [0.25, 0.3) is 0 Å². The lowest BCUT2D eigenvalue weighted by Crippen LogP contribution is -2.36. The number of carbonyl (C=O) groups is 2. The fourth-order valence-electron chi connectivity index (χ4n) is 3.56. The lowest BCUT2D eigenvalue weighted by Gasteiger charge is -2.25. The molecule has 160 valence electrons. The Bertz CT molecular complexity index is 1140. The molecule has 1 aromatic heterocycles. The highest BCUT2D eigenvalue weighted by molar-refractivity contribution is 6.03. The number of nitrogens with one attached hydrogen (secondary N) is 2. The summed E-state index contributed by atoms with van der Waals surface area (Å²) in [4.78, 5) is 25.6. The molecule has 2 aromatic carbocycles. The highest BCUT2D eigenvalue weighted by Crippen LogP contribution is 2.39. The zero-order valence-electron chi connectivity index (χ0n) is 17.3. The maximum absolute atomic E-state index is 13.1. The summed E-state index contributed by atoms with van der Waals surface area (Å²) in [5, 5.41) is 10.1. The first kappa shape index (κ1) is 20.3. The molecule has 9 nitrogen and oxygen atoms in total. The van der Waals surface area contributed by atoms with Gasteiger partial charge in [-0.15, -0.1) is 0 Å². The first-order valence-electron chi connectivity index (χ1n) is 9.59. The third-order valence-electron chi connectivity index (χ3n) is 5.09. The maximum atomic E-state index is 13.1. The summed E-state index contributed by atoms with van der Waals surface area (Å²) in [6, 6.07) is 11.7. The van der Waals surface area contributed by atoms with E-state index < -0.39 is 11.9 Å². The molecule has 0 aliphatic carbocycles. The molecule has 1 atom stereocenters. The largest absolute Gasteiger partial charge is 0.497 e. The predicted molar refractivity (Wildman–Crippen MR) is 115 cm³/mol. The summed E-state index contributed by atoms with van der Waals surface area (Å²) in [7, 11) is 4.62. The molecule has 1 aliphatic rings. The average Bonchev–Trinajstić information content (AvgIpc) is 3.21. The van der Waals surface area contributed by atoms with Crippen molar-refractivity contribution in [3.8, 4) is 28.4 Å². The van der Waals surface area contributed by atoms with Gasteiger partial charge in [0.1, 0.15) is 29.1 Å². The smallest absolute Gasteiger partial charge is 0.249 e. The van der Waals surface area contributed by atoms with Crippen molar-refractivity contribution in [3.63, 3.8) is 0 Å². The van der Waals surface area contributed by atoms with Crippen molar-refractivity contribution in [3.05, 3.63) is 48.7 Å². The van der Waals surface area contributed by atoms with Crippen LogP contribution in [0.2, 0.25) is 0 Å². The summed E-state index contributed by atoms with van der Waals surface area (Å²) >= 11 is 0. The van der Waals surface area contributed by atoms with Crippen molar-refractivity contribution in [2.75, 3.05) is 32.0 Å². The molecule has 0 saturated carbocycles. The molecule has 0 fully saturated rings. The van der Waals surface area contributed by atoms with Crippen LogP contribution < -0.4 is 24.8 Å². The Morgan fingerprint density at radius 1 is 1.06 bits per heavy atom. The van der Waals surface area contributed by atoms with E-state index in [1.54, 1.807) is 31.5 Å². The second-order valence-corrected chi connectivity index (χ2v) is 6.88. The molecule has 0 saturated heterocycles. The normalized spacial score (nSPS) is 14.9. The van der Waals surface area contributed by atoms with Gasteiger partial charge >= 0.3 is 0 Å². The molecule has 1 unspecified atom stereocenters. The number of benzene rings is 2. The average molecular weight is 422 g/mol. The molecule has 1 aliphatic heterocycles. The van der Waals surface area contributed by atoms with Gasteiger partial charge < -0.3 is 24.8 Å². The summed E-state index contributed by atoms with van der Waals surface area (Å²) in [6.07, 6.45) is 1.57. The Kier molecular flexibility index (Phi) is 5.48. The first-order valence-corrected chi connectivity index (χ1v) is 9.59. The van der Waals surface area contributed by atoms with Gasteiger partial charge in [0.15, 0.2) is 0 Å². The predicted octanol–water partition coefficient (Wildman–Crippen LogP) is 3.10. The van der Waals surface area contributed by atoms with Gasteiger partial charge in [0, 0.05) is 17.2 Å². The molecule has 0 radical (unpaired) electrons. The van der Waals surface area contributed by atoms with Crippen LogP contribution in [-0.2, 0) is 9.59 Å². The number of nitrogens with zero attached hydrogens (tertiary/aromatic N) is 2. The van der Waals surface area contributed by atoms with Crippen LogP contribution in [0.4, 0.5) is 11.5 Å². The number of para-hydroxylation sites is 1. The first-order chi connectivity index (χ1) is 15.0. The van der Waals surface area contributed by atoms with E-state index in [9.17, 15) is 9.59 Å². The minimum Gasteiger partial charge on any atom is -0.497 e. The molecule has 3 aromatic rings. The minimum atomic E-state index is -0.830. The van der Waals surface area contributed by atoms with Gasteiger partial charge in [-0.3, -0.25) is 9.59 Å². The Hall–Kier alpha value is -4.01. The summed E-state index contributed by atoms with van der Waals surface area (Å²) in [5.74, 6) is 1.46. The van der Waals surface area contributed by atoms with Gasteiger partial charge in [-0.25, -0.2) is 4.68 Å². The lowest BCUT2D eigenvalue weighted by molar-refractivity contribution is -0.125. The highest BCUT2D eigenvalue weighted by Gasteiger charge is 2.34. The Morgan fingerprint density at radius 3 is 2.58 bits per heavy atom. The summed E-state index contributed by atoms with van der Waals surface area (Å²) < 4.78 is 17.5. The molecular weight excluding hydrogens is 400 g/mol. The van der Waals surface area contributed by atoms with Crippen LogP contribution in [0.15, 0.2) is 48.7 Å². The second kappa shape index (κ2) is 8.39. The van der Waals surface area contributed by atoms with Crippen LogP contribution in [-0.4, -0.2) is 42.9 Å². The van der Waals surface area contributed by atoms with E-state index in [0.29, 0.717) is 34.3 Å². The van der Waals surface area contributed by atoms with Crippen LogP contribution in [0.1, 0.15) is 12.5 Å². The van der Waals surface area contributed by atoms with Gasteiger partial charge in [-0.1, -0.05) is 18.2 Å². The van der Waals surface area contributed by atoms with Gasteiger partial charge in [0.2, 0.25) is 11.8 Å². The third kappa shape index (κ3) is 3.77. The molecule has 2 N–H and O–H groups in total. The maximum Gasteiger partial charge on any atom is 0.249 e. The van der Waals surface area contributed by atoms with Crippen LogP contribution in [0.25, 0.3) is 11.1 Å². The van der Waals surface area contributed by atoms with Crippen LogP contribution in [0.3, 0.4) is 0 Å². The third-order valence-corrected chi connectivity index (χ3v) is 5.09. The Balaban J connectivity index is 1.69. The number of methoxy groups -OCH3 is 3. The van der Waals surface area contributed by atoms with Crippen molar-refractivity contribution in [1.29, 1.82) is 0 Å². The van der Waals surface area contributed by atoms with E-state index in [-0.39, 0.29) is 12.3 Å². The minimum absolute atomic E-state index is 0.0435. The number of carbonyl (C=O) groups excluding carboxylic acids is 2. The molecule has 2 amide bonds. The second-order valence-electron chi connectivity index (χ2n) is 6.88. The molecule has 4 rings (SSSR count). The standard InChI is InChI=1S/C22H22N4O5/c1-29-13-8-9-19(31-3)16(10-13)24-22(28)17-11-20(27)25-21-15(12-23-26(17)21)14-6-4-5-7-18(14)30-2/h4-10,12,17H,11H2,1-3H3,(H,24,28)(H,25,27). The number of aromatic nitrogens is 2. The molecule has 9 heteroatoms. The van der Waals surface area contributed by atoms with Gasteiger partial charge in [-0.05, 0) is 18.2 Å². The highest BCUT2D eigenvalue weighted by atomic mass is 16.5. The quantitative estimate of drug-likeness (QED) is 0.633. The fourth-order valence-corrected chi connectivity index (χ4v) is 3.56. The van der Waals surface area contributed by atoms with E-state index in [1.807, 2.05) is 24.3 Å². The molecule has 2 heterocycles. The number of fused-ring (bicyclic) bond motifs is 1. The molecule has 0 bridgehead atoms. The van der Waals surface area contributed by atoms with E-state index >= 15 is 0 Å². The van der Waals surface area contributed by atoms with Crippen LogP contribution in [0, 0.1) is 0 Å². The number of rotatable bonds is 6. The number of amides is 2. The van der Waals surface area contributed by atoms with E-state index in [0.717, 1.165) is 5.56 Å². The SMILES string of the molecule is COc1ccc(OC)c(NC(=O)C2CC(=O)Nc3c(-c4ccccc4OC)cnn32)c1. The Labute approximate surface area is 178 Å². The topological polar surface area (TPSA) is 104 Å². The molecule has 0 spiro atoms. The summed E-state index contributed by atoms with van der Waals surface area (Å²) in [5.41, 5.74) is 1.88. The van der Waals surface area contributed by atoms with Crippen molar-refractivity contribution in [2.45, 2.75) is 12.5 Å². The molecular formula is C22H22N4O5. The van der Waals surface area contributed by atoms with Crippen molar-refractivity contribution in [1.82, 2.24) is 9.78 Å². The van der Waals surface area contributed by atoms with Crippen LogP contribution >= 0.6 is 0 Å². The van der Waals surface area contributed by atoms with Crippen molar-refractivity contribution in [2.24, 2.45) is 0 Å². The van der Waals surface area contributed by atoms with E-state index in [1.165, 1.54) is 18.9 Å². The zero-order chi connectivity index (χ0) is 22.0. The van der Waals surface area contributed by atoms with E-state index in [4.69, 9.17) is 14.2 Å². The summed E-state index contributed by atoms with van der Waals surface area (Å²) in [6.45, 7) is 0. The number of hydrogen-bond donors (Lipinski definition) is 2. The monoisotopic (exact) mass is 422 g/mol. The Morgan fingerprint density at radius 2 is 1.84 bits per heavy atom. The van der Waals surface area contributed by atoms with Gasteiger partial charge in [0.05, 0.1) is 39.6 Å². The van der Waals surface area contributed by atoms with E-state index in [2.05, 4.69) is 15.7 Å². The van der Waals surface area contributed by atoms with Crippen molar-refractivity contribution < 1.29 is 23.8 Å². The number of hydrogen-bond acceptors (Lipinski definition) is 6. The van der Waals surface area contributed by atoms with Crippen molar-refractivity contribution >= 4 is 23.3 Å². The zero-order valence-corrected chi connectivity index (χ0v) is 17.3. The fraction of sp³-hybridized carbons (Fsp3) is 0.227. The number of ether oxygens (including phenoxy) is 3. The van der Waals surface area contributed by atoms with Gasteiger partial charge in [-0.2, -0.15) is 5.10 Å². The molecule has 31 heavy (non-hydrogen) atoms.